The Morgan fingerprint density at radius 1 is 1.18 bits per heavy atom. The number of carbonyl (C=O) groups excluding carboxylic acids is 1. The maximum atomic E-state index is 14.8. The molecule has 50 heavy (non-hydrogen) atoms. The molecule has 6 atom stereocenters. The fourth-order valence-corrected chi connectivity index (χ4v) is 10.9. The van der Waals surface area contributed by atoms with Crippen molar-refractivity contribution in [1.82, 2.24) is 19.8 Å². The number of hydrogen-bond donors (Lipinski definition) is 2. The van der Waals surface area contributed by atoms with Crippen LogP contribution in [0.5, 0.6) is 5.88 Å². The number of nitriles is 1. The molecule has 1 saturated carbocycles. The average molecular weight is 698 g/mol. The average Bonchev–Trinajstić information content (AvgIpc) is 3.73. The van der Waals surface area contributed by atoms with Crippen molar-refractivity contribution < 1.29 is 19.0 Å². The lowest BCUT2D eigenvalue weighted by Gasteiger charge is -2.48. The van der Waals surface area contributed by atoms with Crippen LogP contribution in [-0.4, -0.2) is 89.3 Å². The van der Waals surface area contributed by atoms with Crippen molar-refractivity contribution in [2.24, 2.45) is 5.73 Å². The summed E-state index contributed by atoms with van der Waals surface area (Å²) in [5.74, 6) is 3.63. The van der Waals surface area contributed by atoms with E-state index in [0.29, 0.717) is 85.6 Å². The first-order chi connectivity index (χ1) is 24.1. The molecule has 8 rings (SSSR count). The summed E-state index contributed by atoms with van der Waals surface area (Å²) >= 11 is 1.44. The van der Waals surface area contributed by atoms with Gasteiger partial charge in [-0.05, 0) is 84.2 Å². The molecule has 0 amide bonds. The summed E-state index contributed by atoms with van der Waals surface area (Å²) in [4.78, 5) is 31.0. The lowest BCUT2D eigenvalue weighted by molar-refractivity contribution is -0.122. The molecule has 0 unspecified atom stereocenters. The van der Waals surface area contributed by atoms with Gasteiger partial charge in [0.15, 0.2) is 17.7 Å². The number of nitrogens with two attached hydrogens (primary N) is 2. The highest BCUT2D eigenvalue weighted by atomic mass is 32.1. The SMILES string of the molecule is C#C[C@H](Oc1nc(/C(N)=C2\CCC[C@@]3(CCCc4sc(N)c(C#N)c43)C2=O)nc2c1CN(C1COC1)C[C@]21CCO[C@H]1C)[C@@H]1CC[C@H](C)N1C. The zero-order valence-corrected chi connectivity index (χ0v) is 30.1. The van der Waals surface area contributed by atoms with Gasteiger partial charge in [-0.1, -0.05) is 5.92 Å². The molecule has 0 bridgehead atoms. The second-order valence-electron chi connectivity index (χ2n) is 15.3. The van der Waals surface area contributed by atoms with E-state index in [-0.39, 0.29) is 23.6 Å². The first-order valence-electron chi connectivity index (χ1n) is 18.2. The number of aryl methyl sites for hydroxylation is 1. The molecule has 11 nitrogen and oxygen atoms in total. The van der Waals surface area contributed by atoms with Crippen LogP contribution >= 0.6 is 11.3 Å². The van der Waals surface area contributed by atoms with Crippen LogP contribution in [0.2, 0.25) is 0 Å². The van der Waals surface area contributed by atoms with Gasteiger partial charge in [0, 0.05) is 36.2 Å². The van der Waals surface area contributed by atoms with Gasteiger partial charge >= 0.3 is 0 Å². The third-order valence-electron chi connectivity index (χ3n) is 12.9. The van der Waals surface area contributed by atoms with E-state index in [2.05, 4.69) is 42.7 Å². The summed E-state index contributed by atoms with van der Waals surface area (Å²) in [6, 6.07) is 3.04. The van der Waals surface area contributed by atoms with Gasteiger partial charge in [0.25, 0.3) is 0 Å². The molecular weight excluding hydrogens is 651 g/mol. The Balaban J connectivity index is 1.27. The van der Waals surface area contributed by atoms with Gasteiger partial charge in [0.05, 0.1) is 64.7 Å². The molecule has 4 fully saturated rings. The Morgan fingerprint density at radius 3 is 2.60 bits per heavy atom. The second-order valence-corrected chi connectivity index (χ2v) is 16.5. The molecule has 6 aliphatic rings. The largest absolute Gasteiger partial charge is 0.459 e. The quantitative estimate of drug-likeness (QED) is 0.347. The lowest BCUT2D eigenvalue weighted by Crippen LogP contribution is -2.58. The molecular formula is C38H47N7O4S. The Kier molecular flexibility index (Phi) is 8.48. The second kappa shape index (κ2) is 12.6. The van der Waals surface area contributed by atoms with Crippen molar-refractivity contribution in [1.29, 1.82) is 5.26 Å². The van der Waals surface area contributed by atoms with Crippen molar-refractivity contribution >= 4 is 27.8 Å². The lowest BCUT2D eigenvalue weighted by atomic mass is 9.61. The molecule has 2 spiro atoms. The third kappa shape index (κ3) is 5.02. The molecule has 2 aromatic rings. The number of nitrogen functional groups attached to an aromatic ring is 1. The van der Waals surface area contributed by atoms with E-state index >= 15 is 0 Å². The number of nitrogens with zero attached hydrogens (tertiary/aromatic N) is 5. The first-order valence-corrected chi connectivity index (χ1v) is 19.0. The van der Waals surface area contributed by atoms with Crippen LogP contribution in [-0.2, 0) is 38.1 Å². The van der Waals surface area contributed by atoms with E-state index in [9.17, 15) is 10.1 Å². The molecule has 3 saturated heterocycles. The summed E-state index contributed by atoms with van der Waals surface area (Å²) in [5, 5.41) is 10.6. The van der Waals surface area contributed by atoms with Gasteiger partial charge in [-0.15, -0.1) is 17.8 Å². The number of aromatic nitrogens is 2. The van der Waals surface area contributed by atoms with Crippen LogP contribution < -0.4 is 16.2 Å². The first kappa shape index (κ1) is 33.6. The number of likely N-dealkylation sites (tertiary alicyclic amines) is 1. The van der Waals surface area contributed by atoms with Crippen LogP contribution in [0.15, 0.2) is 5.57 Å². The molecule has 2 aromatic heterocycles. The minimum Gasteiger partial charge on any atom is -0.459 e. The molecule has 4 aliphatic heterocycles. The Morgan fingerprint density at radius 2 is 1.96 bits per heavy atom. The minimum absolute atomic E-state index is 0.0354. The third-order valence-corrected chi connectivity index (χ3v) is 14.0. The number of anilines is 1. The predicted octanol–water partition coefficient (Wildman–Crippen LogP) is 3.81. The van der Waals surface area contributed by atoms with Gasteiger partial charge in [-0.3, -0.25) is 14.6 Å². The molecule has 6 heterocycles. The summed E-state index contributed by atoms with van der Waals surface area (Å²) < 4.78 is 18.7. The van der Waals surface area contributed by atoms with Crippen LogP contribution in [0.4, 0.5) is 5.00 Å². The molecule has 2 aliphatic carbocycles. The fraction of sp³-hybridized carbons (Fsp3) is 0.632. The van der Waals surface area contributed by atoms with E-state index in [1.807, 2.05) is 0 Å². The van der Waals surface area contributed by atoms with Crippen LogP contribution in [0.3, 0.4) is 0 Å². The fourth-order valence-electron chi connectivity index (χ4n) is 9.70. The van der Waals surface area contributed by atoms with Crippen molar-refractivity contribution in [3.8, 4) is 24.3 Å². The number of likely N-dealkylation sites (N-methyl/N-ethyl adjacent to an activating group) is 1. The number of allylic oxidation sites excluding steroid dienone is 1. The molecule has 0 radical (unpaired) electrons. The maximum Gasteiger partial charge on any atom is 0.223 e. The number of thiophene rings is 1. The van der Waals surface area contributed by atoms with Crippen LogP contribution in [0.1, 0.15) is 98.3 Å². The van der Waals surface area contributed by atoms with E-state index in [1.54, 1.807) is 0 Å². The van der Waals surface area contributed by atoms with Crippen molar-refractivity contribution in [3.63, 3.8) is 0 Å². The highest BCUT2D eigenvalue weighted by Gasteiger charge is 2.53. The van der Waals surface area contributed by atoms with Crippen molar-refractivity contribution in [2.45, 2.75) is 119 Å². The van der Waals surface area contributed by atoms with Gasteiger partial charge in [0.2, 0.25) is 5.88 Å². The summed E-state index contributed by atoms with van der Waals surface area (Å²) in [5.41, 5.74) is 16.0. The Labute approximate surface area is 298 Å². The highest BCUT2D eigenvalue weighted by molar-refractivity contribution is 7.16. The summed E-state index contributed by atoms with van der Waals surface area (Å²) in [6.07, 6.45) is 12.6. The zero-order valence-electron chi connectivity index (χ0n) is 29.3. The molecule has 0 aromatic carbocycles. The van der Waals surface area contributed by atoms with Gasteiger partial charge in [0.1, 0.15) is 11.1 Å². The van der Waals surface area contributed by atoms with Crippen LogP contribution in [0.25, 0.3) is 5.70 Å². The van der Waals surface area contributed by atoms with Crippen LogP contribution in [0, 0.1) is 23.7 Å². The Hall–Kier alpha value is -3.52. The smallest absolute Gasteiger partial charge is 0.223 e. The predicted molar refractivity (Wildman–Crippen MR) is 190 cm³/mol. The normalized spacial score (nSPS) is 33.1. The summed E-state index contributed by atoms with van der Waals surface area (Å²) in [6.45, 7) is 7.68. The van der Waals surface area contributed by atoms with Gasteiger partial charge in [-0.2, -0.15) is 10.2 Å². The van der Waals surface area contributed by atoms with E-state index in [0.717, 1.165) is 66.8 Å². The van der Waals surface area contributed by atoms with Crippen molar-refractivity contribution in [2.75, 3.05) is 39.1 Å². The number of rotatable bonds is 5. The molecule has 4 N–H and O–H groups in total. The Bertz CT molecular complexity index is 1840. The number of fused-ring (bicyclic) bond motifs is 4. The number of Topliss-reactive ketones (excluding diaryl/α,β-unsaturated/α-hetero) is 1. The topological polar surface area (TPSA) is 153 Å². The highest BCUT2D eigenvalue weighted by Crippen LogP contribution is 2.53. The monoisotopic (exact) mass is 697 g/mol. The maximum absolute atomic E-state index is 14.8. The van der Waals surface area contributed by atoms with Gasteiger partial charge < -0.3 is 25.7 Å². The molecule has 12 heteroatoms. The number of terminal acetylenes is 1. The number of ether oxygens (including phenoxy) is 3. The standard InChI is InChI=1S/C38H47N7O4S/c1-5-28(27-11-10-21(2)44(27)4)49-36-26-17-45(23-18-47-19-23)20-38(14-15-48-22(38)3)32(26)42-35(43-36)31(40)24-8-6-12-37(33(24)46)13-7-9-29-30(37)25(16-39)34(41)50-29/h1,21-23,27-28H,6-15,17-20,40-41H2,2-4H3/b31-24-/t21-,22-,27-,28-,37-,38-/m0/s1. The zero-order chi connectivity index (χ0) is 34.9. The van der Waals surface area contributed by atoms with E-state index in [1.165, 1.54) is 11.3 Å². The number of hydrogen-bond acceptors (Lipinski definition) is 12. The number of carbonyl (C=O) groups is 1. The van der Waals surface area contributed by atoms with Crippen molar-refractivity contribution in [3.05, 3.63) is 38.7 Å². The summed E-state index contributed by atoms with van der Waals surface area (Å²) in [7, 11) is 2.10. The number of ketones is 1. The van der Waals surface area contributed by atoms with E-state index in [4.69, 9.17) is 42.1 Å². The minimum atomic E-state index is -0.822. The van der Waals surface area contributed by atoms with Gasteiger partial charge in [-0.25, -0.2) is 4.98 Å². The van der Waals surface area contributed by atoms with E-state index < -0.39 is 16.9 Å². The molecule has 264 valence electrons.